The second-order valence-corrected chi connectivity index (χ2v) is 4.00. The number of aromatic nitrogens is 4. The first-order chi connectivity index (χ1) is 8.22. The van der Waals surface area contributed by atoms with Gasteiger partial charge in [-0.1, -0.05) is 6.92 Å². The predicted octanol–water partition coefficient (Wildman–Crippen LogP) is 1.22. The van der Waals surface area contributed by atoms with Crippen molar-refractivity contribution in [1.82, 2.24) is 25.1 Å². The third kappa shape index (κ3) is 2.50. The smallest absolute Gasteiger partial charge is 0.115 e. The number of hydrogen-bond donors (Lipinski definition) is 1. The number of hydrogen-bond acceptors (Lipinski definition) is 4. The van der Waals surface area contributed by atoms with E-state index in [4.69, 9.17) is 0 Å². The average Bonchev–Trinajstić information content (AvgIpc) is 2.66. The molecule has 2 aromatic heterocycles. The van der Waals surface area contributed by atoms with Gasteiger partial charge in [0.2, 0.25) is 0 Å². The molecule has 0 saturated heterocycles. The molecule has 5 heteroatoms. The van der Waals surface area contributed by atoms with Crippen molar-refractivity contribution >= 4 is 0 Å². The minimum Gasteiger partial charge on any atom is -0.305 e. The average molecular weight is 231 g/mol. The van der Waals surface area contributed by atoms with Crippen LogP contribution in [0.4, 0.5) is 0 Å². The molecule has 0 bridgehead atoms. The van der Waals surface area contributed by atoms with Crippen LogP contribution in [0.15, 0.2) is 24.8 Å². The highest BCUT2D eigenvalue weighted by molar-refractivity contribution is 5.24. The fourth-order valence-electron chi connectivity index (χ4n) is 1.96. The Bertz CT molecular complexity index is 477. The van der Waals surface area contributed by atoms with E-state index in [0.717, 1.165) is 23.5 Å². The molecule has 1 unspecified atom stereocenters. The Hall–Kier alpha value is -1.75. The lowest BCUT2D eigenvalue weighted by Crippen LogP contribution is -2.24. The molecular weight excluding hydrogens is 214 g/mol. The fraction of sp³-hybridized carbons (Fsp3) is 0.417. The largest absolute Gasteiger partial charge is 0.305 e. The van der Waals surface area contributed by atoms with Crippen molar-refractivity contribution < 1.29 is 0 Å². The maximum atomic E-state index is 4.38. The first kappa shape index (κ1) is 11.7. The van der Waals surface area contributed by atoms with Gasteiger partial charge < -0.3 is 5.32 Å². The summed E-state index contributed by atoms with van der Waals surface area (Å²) in [4.78, 5) is 8.14. The summed E-state index contributed by atoms with van der Waals surface area (Å²) in [5.74, 6) is 0. The van der Waals surface area contributed by atoms with Gasteiger partial charge in [-0.25, -0.2) is 9.97 Å². The Morgan fingerprint density at radius 3 is 2.59 bits per heavy atom. The molecule has 0 aliphatic rings. The van der Waals surface area contributed by atoms with Crippen LogP contribution in [-0.2, 0) is 7.05 Å². The van der Waals surface area contributed by atoms with E-state index in [1.54, 1.807) is 6.33 Å². The van der Waals surface area contributed by atoms with E-state index in [-0.39, 0.29) is 6.04 Å². The molecule has 5 nitrogen and oxygen atoms in total. The topological polar surface area (TPSA) is 55.6 Å². The SMILES string of the molecule is CCNC(c1cncnc1)c1cc(C)nn1C. The molecule has 0 radical (unpaired) electrons. The maximum Gasteiger partial charge on any atom is 0.115 e. The van der Waals surface area contributed by atoms with Crippen molar-refractivity contribution in [3.8, 4) is 0 Å². The second kappa shape index (κ2) is 5.05. The maximum absolute atomic E-state index is 4.38. The van der Waals surface area contributed by atoms with Crippen molar-refractivity contribution in [2.45, 2.75) is 19.9 Å². The standard InChI is InChI=1S/C12H17N5/c1-4-15-12(10-6-13-8-14-7-10)11-5-9(2)16-17(11)3/h5-8,12,15H,4H2,1-3H3. The van der Waals surface area contributed by atoms with Gasteiger partial charge in [-0.3, -0.25) is 4.68 Å². The van der Waals surface area contributed by atoms with E-state index in [1.165, 1.54) is 0 Å². The molecule has 0 aliphatic heterocycles. The van der Waals surface area contributed by atoms with Gasteiger partial charge in [-0.15, -0.1) is 0 Å². The molecule has 2 aromatic rings. The Morgan fingerprint density at radius 2 is 2.06 bits per heavy atom. The Kier molecular flexibility index (Phi) is 3.49. The van der Waals surface area contributed by atoms with Crippen molar-refractivity contribution in [3.05, 3.63) is 41.7 Å². The third-order valence-corrected chi connectivity index (χ3v) is 2.66. The van der Waals surface area contributed by atoms with Gasteiger partial charge >= 0.3 is 0 Å². The summed E-state index contributed by atoms with van der Waals surface area (Å²) >= 11 is 0. The van der Waals surface area contributed by atoms with Gasteiger partial charge in [0.15, 0.2) is 0 Å². The molecule has 90 valence electrons. The molecule has 1 N–H and O–H groups in total. The van der Waals surface area contributed by atoms with Gasteiger partial charge in [0.05, 0.1) is 17.4 Å². The minimum absolute atomic E-state index is 0.0902. The summed E-state index contributed by atoms with van der Waals surface area (Å²) in [6.07, 6.45) is 5.21. The summed E-state index contributed by atoms with van der Waals surface area (Å²) in [5, 5.41) is 7.80. The predicted molar refractivity (Wildman–Crippen MR) is 65.5 cm³/mol. The van der Waals surface area contributed by atoms with E-state index in [2.05, 4.69) is 33.4 Å². The van der Waals surface area contributed by atoms with Crippen LogP contribution >= 0.6 is 0 Å². The van der Waals surface area contributed by atoms with Gasteiger partial charge in [0, 0.05) is 25.0 Å². The minimum atomic E-state index is 0.0902. The Labute approximate surface area is 101 Å². The highest BCUT2D eigenvalue weighted by Crippen LogP contribution is 2.20. The van der Waals surface area contributed by atoms with Crippen molar-refractivity contribution in [3.63, 3.8) is 0 Å². The lowest BCUT2D eigenvalue weighted by Gasteiger charge is -2.17. The summed E-state index contributed by atoms with van der Waals surface area (Å²) in [6, 6.07) is 2.17. The van der Waals surface area contributed by atoms with Crippen molar-refractivity contribution in [2.75, 3.05) is 6.54 Å². The summed E-state index contributed by atoms with van der Waals surface area (Å²) in [7, 11) is 1.95. The molecule has 0 fully saturated rings. The van der Waals surface area contributed by atoms with E-state index in [0.29, 0.717) is 0 Å². The molecule has 0 aromatic carbocycles. The quantitative estimate of drug-likeness (QED) is 0.859. The van der Waals surface area contributed by atoms with Gasteiger partial charge in [0.1, 0.15) is 6.33 Å². The first-order valence-electron chi connectivity index (χ1n) is 5.71. The number of aryl methyl sites for hydroxylation is 2. The van der Waals surface area contributed by atoms with Crippen LogP contribution in [0.3, 0.4) is 0 Å². The van der Waals surface area contributed by atoms with E-state index >= 15 is 0 Å². The van der Waals surface area contributed by atoms with Crippen LogP contribution in [0.5, 0.6) is 0 Å². The van der Waals surface area contributed by atoms with Crippen molar-refractivity contribution in [1.29, 1.82) is 0 Å². The van der Waals surface area contributed by atoms with Crippen LogP contribution < -0.4 is 5.32 Å². The zero-order valence-electron chi connectivity index (χ0n) is 10.4. The first-order valence-corrected chi connectivity index (χ1v) is 5.71. The third-order valence-electron chi connectivity index (χ3n) is 2.66. The molecule has 2 heterocycles. The highest BCUT2D eigenvalue weighted by atomic mass is 15.3. The zero-order valence-corrected chi connectivity index (χ0v) is 10.4. The lowest BCUT2D eigenvalue weighted by atomic mass is 10.1. The summed E-state index contributed by atoms with van der Waals surface area (Å²) in [5.41, 5.74) is 3.19. The fourth-order valence-corrected chi connectivity index (χ4v) is 1.96. The Morgan fingerprint density at radius 1 is 1.35 bits per heavy atom. The second-order valence-electron chi connectivity index (χ2n) is 4.00. The molecule has 0 saturated carbocycles. The molecule has 0 spiro atoms. The molecule has 0 aliphatic carbocycles. The Balaban J connectivity index is 2.39. The number of nitrogens with one attached hydrogen (secondary N) is 1. The van der Waals surface area contributed by atoms with Crippen LogP contribution in [0.2, 0.25) is 0 Å². The normalized spacial score (nSPS) is 12.6. The van der Waals surface area contributed by atoms with Gasteiger partial charge in [-0.2, -0.15) is 5.10 Å². The summed E-state index contributed by atoms with van der Waals surface area (Å²) in [6.45, 7) is 4.96. The van der Waals surface area contributed by atoms with E-state index < -0.39 is 0 Å². The monoisotopic (exact) mass is 231 g/mol. The van der Waals surface area contributed by atoms with E-state index in [9.17, 15) is 0 Å². The van der Waals surface area contributed by atoms with Crippen LogP contribution in [-0.4, -0.2) is 26.3 Å². The van der Waals surface area contributed by atoms with E-state index in [1.807, 2.05) is 31.0 Å². The highest BCUT2D eigenvalue weighted by Gasteiger charge is 2.17. The molecule has 17 heavy (non-hydrogen) atoms. The number of rotatable bonds is 4. The lowest BCUT2D eigenvalue weighted by molar-refractivity contribution is 0.569. The number of nitrogens with zero attached hydrogens (tertiary/aromatic N) is 4. The molecule has 0 amide bonds. The van der Waals surface area contributed by atoms with Gasteiger partial charge in [0.25, 0.3) is 0 Å². The summed E-state index contributed by atoms with van der Waals surface area (Å²) < 4.78 is 1.90. The van der Waals surface area contributed by atoms with Gasteiger partial charge in [-0.05, 0) is 19.5 Å². The molecular formula is C12H17N5. The molecule has 2 rings (SSSR count). The van der Waals surface area contributed by atoms with Crippen LogP contribution in [0.1, 0.15) is 29.9 Å². The molecule has 1 atom stereocenters. The zero-order chi connectivity index (χ0) is 12.3. The van der Waals surface area contributed by atoms with Crippen LogP contribution in [0, 0.1) is 6.92 Å². The van der Waals surface area contributed by atoms with Crippen LogP contribution in [0.25, 0.3) is 0 Å². The van der Waals surface area contributed by atoms with Crippen molar-refractivity contribution in [2.24, 2.45) is 7.05 Å².